The van der Waals surface area contributed by atoms with Gasteiger partial charge in [0.05, 0.1) is 0 Å². The van der Waals surface area contributed by atoms with E-state index in [2.05, 4.69) is 18.7 Å². The van der Waals surface area contributed by atoms with Crippen LogP contribution >= 0.6 is 0 Å². The molecular formula is C12H23NO. The van der Waals surface area contributed by atoms with E-state index in [-0.39, 0.29) is 0 Å². The minimum absolute atomic E-state index is 0.325. The van der Waals surface area contributed by atoms with Crippen LogP contribution < -0.4 is 0 Å². The van der Waals surface area contributed by atoms with E-state index in [1.54, 1.807) is 6.92 Å². The molecule has 1 aliphatic heterocycles. The Kier molecular flexibility index (Phi) is 4.11. The van der Waals surface area contributed by atoms with Crippen LogP contribution in [0.2, 0.25) is 0 Å². The molecule has 0 aromatic heterocycles. The van der Waals surface area contributed by atoms with E-state index in [0.29, 0.717) is 11.3 Å². The van der Waals surface area contributed by atoms with Crippen LogP contribution in [-0.2, 0) is 4.79 Å². The molecule has 1 aliphatic rings. The highest BCUT2D eigenvalue weighted by molar-refractivity contribution is 5.75. The summed E-state index contributed by atoms with van der Waals surface area (Å²) in [5.41, 5.74) is 0.399. The molecule has 0 aromatic carbocycles. The number of likely N-dealkylation sites (tertiary alicyclic amines) is 1. The first-order chi connectivity index (χ1) is 6.52. The molecule has 82 valence electrons. The standard InChI is InChI=1S/C12H23NO/c1-11(14)7-4-5-9-13-10-6-8-12(13,2)3/h4-10H2,1-3H3. The van der Waals surface area contributed by atoms with Crippen molar-refractivity contribution in [3.8, 4) is 0 Å². The first kappa shape index (κ1) is 11.7. The van der Waals surface area contributed by atoms with Crippen molar-refractivity contribution >= 4 is 5.78 Å². The fourth-order valence-electron chi connectivity index (χ4n) is 2.25. The Morgan fingerprint density at radius 3 is 2.57 bits per heavy atom. The zero-order valence-corrected chi connectivity index (χ0v) is 9.81. The number of Topliss-reactive ketones (excluding diaryl/α,β-unsaturated/α-hetero) is 1. The van der Waals surface area contributed by atoms with Crippen LogP contribution in [0.3, 0.4) is 0 Å². The second-order valence-corrected chi connectivity index (χ2v) is 5.06. The molecule has 1 saturated heterocycles. The monoisotopic (exact) mass is 197 g/mol. The number of hydrogen-bond donors (Lipinski definition) is 0. The Bertz CT molecular complexity index is 198. The molecule has 0 bridgehead atoms. The highest BCUT2D eigenvalue weighted by Crippen LogP contribution is 2.28. The maximum atomic E-state index is 10.8. The van der Waals surface area contributed by atoms with Gasteiger partial charge in [0, 0.05) is 12.0 Å². The van der Waals surface area contributed by atoms with E-state index in [9.17, 15) is 4.79 Å². The number of ketones is 1. The van der Waals surface area contributed by atoms with Crippen LogP contribution in [0.25, 0.3) is 0 Å². The zero-order chi connectivity index (χ0) is 10.6. The molecule has 0 atom stereocenters. The maximum absolute atomic E-state index is 10.8. The van der Waals surface area contributed by atoms with E-state index < -0.39 is 0 Å². The van der Waals surface area contributed by atoms with Gasteiger partial charge in [0.2, 0.25) is 0 Å². The van der Waals surface area contributed by atoms with Gasteiger partial charge in [-0.2, -0.15) is 0 Å². The van der Waals surface area contributed by atoms with Crippen LogP contribution in [0.4, 0.5) is 0 Å². The number of carbonyl (C=O) groups is 1. The van der Waals surface area contributed by atoms with E-state index in [0.717, 1.165) is 12.8 Å². The van der Waals surface area contributed by atoms with E-state index in [1.165, 1.54) is 32.4 Å². The Balaban J connectivity index is 2.15. The molecule has 0 spiro atoms. The first-order valence-electron chi connectivity index (χ1n) is 5.77. The topological polar surface area (TPSA) is 20.3 Å². The molecule has 1 heterocycles. The van der Waals surface area contributed by atoms with Crippen molar-refractivity contribution in [2.75, 3.05) is 13.1 Å². The molecule has 2 heteroatoms. The van der Waals surface area contributed by atoms with Crippen molar-refractivity contribution in [1.29, 1.82) is 0 Å². The fraction of sp³-hybridized carbons (Fsp3) is 0.917. The average Bonchev–Trinajstić information content (AvgIpc) is 2.39. The lowest BCUT2D eigenvalue weighted by atomic mass is 10.0. The molecule has 0 unspecified atom stereocenters. The molecule has 0 aliphatic carbocycles. The Labute approximate surface area is 87.7 Å². The van der Waals surface area contributed by atoms with Gasteiger partial charge in [-0.15, -0.1) is 0 Å². The summed E-state index contributed by atoms with van der Waals surface area (Å²) in [5, 5.41) is 0. The predicted octanol–water partition coefficient (Wildman–Crippen LogP) is 2.62. The van der Waals surface area contributed by atoms with Gasteiger partial charge in [0.25, 0.3) is 0 Å². The summed E-state index contributed by atoms with van der Waals surface area (Å²) in [7, 11) is 0. The van der Waals surface area contributed by atoms with E-state index in [1.807, 2.05) is 0 Å². The van der Waals surface area contributed by atoms with Crippen LogP contribution in [0.1, 0.15) is 52.9 Å². The molecule has 0 N–H and O–H groups in total. The average molecular weight is 197 g/mol. The normalized spacial score (nSPS) is 21.4. The zero-order valence-electron chi connectivity index (χ0n) is 9.81. The van der Waals surface area contributed by atoms with E-state index >= 15 is 0 Å². The van der Waals surface area contributed by atoms with Gasteiger partial charge in [-0.25, -0.2) is 0 Å². The summed E-state index contributed by atoms with van der Waals surface area (Å²) in [6.07, 6.45) is 5.64. The van der Waals surface area contributed by atoms with Crippen molar-refractivity contribution in [1.82, 2.24) is 4.90 Å². The van der Waals surface area contributed by atoms with Crippen LogP contribution in [0, 0.1) is 0 Å². The Morgan fingerprint density at radius 1 is 1.36 bits per heavy atom. The predicted molar refractivity (Wildman–Crippen MR) is 59.4 cm³/mol. The summed E-state index contributed by atoms with van der Waals surface area (Å²) in [6.45, 7) is 8.74. The molecule has 1 rings (SSSR count). The van der Waals surface area contributed by atoms with Crippen LogP contribution in [0.15, 0.2) is 0 Å². The highest BCUT2D eigenvalue weighted by Gasteiger charge is 2.30. The summed E-state index contributed by atoms with van der Waals surface area (Å²) >= 11 is 0. The van der Waals surface area contributed by atoms with Gasteiger partial charge in [-0.3, -0.25) is 4.90 Å². The third-order valence-corrected chi connectivity index (χ3v) is 3.28. The molecular weight excluding hydrogens is 174 g/mol. The fourth-order valence-corrected chi connectivity index (χ4v) is 2.25. The minimum atomic E-state index is 0.325. The molecule has 0 saturated carbocycles. The van der Waals surface area contributed by atoms with Crippen molar-refractivity contribution in [2.24, 2.45) is 0 Å². The summed E-state index contributed by atoms with van der Waals surface area (Å²) in [4.78, 5) is 13.3. The van der Waals surface area contributed by atoms with Gasteiger partial charge in [0.15, 0.2) is 0 Å². The molecule has 0 radical (unpaired) electrons. The number of hydrogen-bond acceptors (Lipinski definition) is 2. The third-order valence-electron chi connectivity index (χ3n) is 3.28. The van der Waals surface area contributed by atoms with E-state index in [4.69, 9.17) is 0 Å². The van der Waals surface area contributed by atoms with Gasteiger partial charge in [0.1, 0.15) is 5.78 Å². The lowest BCUT2D eigenvalue weighted by Crippen LogP contribution is -2.38. The quantitative estimate of drug-likeness (QED) is 0.631. The second-order valence-electron chi connectivity index (χ2n) is 5.06. The number of carbonyl (C=O) groups excluding carboxylic acids is 1. The number of rotatable bonds is 5. The molecule has 0 amide bonds. The third kappa shape index (κ3) is 3.41. The van der Waals surface area contributed by atoms with Gasteiger partial charge >= 0.3 is 0 Å². The Morgan fingerprint density at radius 2 is 2.07 bits per heavy atom. The Hall–Kier alpha value is -0.370. The van der Waals surface area contributed by atoms with Crippen LogP contribution in [-0.4, -0.2) is 29.3 Å². The number of unbranched alkanes of at least 4 members (excludes halogenated alkanes) is 1. The number of nitrogens with zero attached hydrogens (tertiary/aromatic N) is 1. The molecule has 0 aromatic rings. The summed E-state index contributed by atoms with van der Waals surface area (Å²) < 4.78 is 0. The SMILES string of the molecule is CC(=O)CCCCN1CCCC1(C)C. The summed E-state index contributed by atoms with van der Waals surface area (Å²) in [5.74, 6) is 0.325. The minimum Gasteiger partial charge on any atom is -0.300 e. The van der Waals surface area contributed by atoms with Gasteiger partial charge < -0.3 is 4.79 Å². The van der Waals surface area contributed by atoms with Crippen molar-refractivity contribution in [3.05, 3.63) is 0 Å². The molecule has 14 heavy (non-hydrogen) atoms. The van der Waals surface area contributed by atoms with Gasteiger partial charge in [-0.05, 0) is 59.5 Å². The van der Waals surface area contributed by atoms with Crippen molar-refractivity contribution < 1.29 is 4.79 Å². The lowest BCUT2D eigenvalue weighted by Gasteiger charge is -2.31. The van der Waals surface area contributed by atoms with Crippen LogP contribution in [0.5, 0.6) is 0 Å². The van der Waals surface area contributed by atoms with Gasteiger partial charge in [-0.1, -0.05) is 0 Å². The second kappa shape index (κ2) is 4.92. The molecule has 1 fully saturated rings. The van der Waals surface area contributed by atoms with Crippen molar-refractivity contribution in [2.45, 2.75) is 58.4 Å². The lowest BCUT2D eigenvalue weighted by molar-refractivity contribution is -0.117. The molecule has 2 nitrogen and oxygen atoms in total. The maximum Gasteiger partial charge on any atom is 0.129 e. The summed E-state index contributed by atoms with van der Waals surface area (Å²) in [6, 6.07) is 0. The smallest absolute Gasteiger partial charge is 0.129 e. The highest BCUT2D eigenvalue weighted by atomic mass is 16.1. The van der Waals surface area contributed by atoms with Crippen molar-refractivity contribution in [3.63, 3.8) is 0 Å². The largest absolute Gasteiger partial charge is 0.300 e. The first-order valence-corrected chi connectivity index (χ1v) is 5.77.